The number of nitrogens with zero attached hydrogens (tertiary/aromatic N) is 2. The number of carbonyl (C=O) groups excluding carboxylic acids is 2. The van der Waals surface area contributed by atoms with Crippen LogP contribution < -0.4 is 5.73 Å². The number of fused-ring (bicyclic) bond motifs is 1. The molecule has 0 bridgehead atoms. The van der Waals surface area contributed by atoms with Gasteiger partial charge in [-0.05, 0) is 30.3 Å². The van der Waals surface area contributed by atoms with Gasteiger partial charge in [0.1, 0.15) is 5.01 Å². The van der Waals surface area contributed by atoms with Gasteiger partial charge in [0.25, 0.3) is 5.91 Å². The van der Waals surface area contributed by atoms with Crippen molar-refractivity contribution in [3.05, 3.63) is 58.1 Å². The first kappa shape index (κ1) is 18.2. The minimum Gasteiger partial charge on any atom is -0.452 e. The van der Waals surface area contributed by atoms with E-state index >= 15 is 0 Å². The van der Waals surface area contributed by atoms with Crippen molar-refractivity contribution in [2.75, 3.05) is 19.4 Å². The van der Waals surface area contributed by atoms with Gasteiger partial charge in [0.2, 0.25) is 0 Å². The second-order valence-corrected chi connectivity index (χ2v) is 7.18. The predicted molar refractivity (Wildman–Crippen MR) is 102 cm³/mol. The molecule has 0 saturated heterocycles. The van der Waals surface area contributed by atoms with Crippen LogP contribution in [0.3, 0.4) is 0 Å². The Morgan fingerprint density at radius 3 is 2.77 bits per heavy atom. The maximum atomic E-state index is 12.2. The number of halogens is 1. The van der Waals surface area contributed by atoms with Crippen LogP contribution in [0.5, 0.6) is 0 Å². The zero-order valence-electron chi connectivity index (χ0n) is 13.9. The highest BCUT2D eigenvalue weighted by Gasteiger charge is 2.17. The molecule has 3 aromatic rings. The molecule has 0 spiro atoms. The van der Waals surface area contributed by atoms with Crippen LogP contribution in [0.15, 0.2) is 42.5 Å². The Balaban J connectivity index is 1.57. The molecule has 0 radical (unpaired) electrons. The molecule has 0 unspecified atom stereocenters. The highest BCUT2D eigenvalue weighted by Crippen LogP contribution is 2.22. The zero-order valence-corrected chi connectivity index (χ0v) is 15.5. The summed E-state index contributed by atoms with van der Waals surface area (Å²) in [6.45, 7) is -0.0267. The summed E-state index contributed by atoms with van der Waals surface area (Å²) >= 11 is 7.32. The lowest BCUT2D eigenvalue weighted by Gasteiger charge is -2.15. The number of amides is 1. The second kappa shape index (κ2) is 7.72. The lowest BCUT2D eigenvalue weighted by molar-refractivity contribution is -0.133. The number of ether oxygens (including phenoxy) is 1. The normalized spacial score (nSPS) is 10.7. The number of benzene rings is 2. The number of likely N-dealkylation sites (N-methyl/N-ethyl adjacent to an activating group) is 1. The van der Waals surface area contributed by atoms with E-state index in [0.717, 1.165) is 15.2 Å². The maximum Gasteiger partial charge on any atom is 0.340 e. The first-order valence-corrected chi connectivity index (χ1v) is 8.94. The fourth-order valence-corrected chi connectivity index (χ4v) is 3.51. The van der Waals surface area contributed by atoms with Crippen molar-refractivity contribution in [3.8, 4) is 0 Å². The molecule has 2 N–H and O–H groups in total. The Morgan fingerprint density at radius 1 is 1.27 bits per heavy atom. The molecular formula is C18H16ClN3O3S. The van der Waals surface area contributed by atoms with E-state index in [0.29, 0.717) is 11.6 Å². The summed E-state index contributed by atoms with van der Waals surface area (Å²) in [7, 11) is 1.64. The van der Waals surface area contributed by atoms with Gasteiger partial charge in [-0.1, -0.05) is 23.7 Å². The van der Waals surface area contributed by atoms with E-state index in [4.69, 9.17) is 22.1 Å². The highest BCUT2D eigenvalue weighted by molar-refractivity contribution is 7.18. The van der Waals surface area contributed by atoms with Crippen LogP contribution in [-0.4, -0.2) is 35.4 Å². The number of nitrogen functional groups attached to an aromatic ring is 1. The van der Waals surface area contributed by atoms with Crippen LogP contribution >= 0.6 is 22.9 Å². The molecule has 1 amide bonds. The predicted octanol–water partition coefficient (Wildman–Crippen LogP) is 3.35. The van der Waals surface area contributed by atoms with Crippen molar-refractivity contribution < 1.29 is 14.3 Å². The van der Waals surface area contributed by atoms with Crippen LogP contribution in [-0.2, 0) is 16.1 Å². The smallest absolute Gasteiger partial charge is 0.340 e. The molecule has 0 saturated carbocycles. The van der Waals surface area contributed by atoms with Gasteiger partial charge in [0, 0.05) is 17.8 Å². The fraction of sp³-hybridized carbons (Fsp3) is 0.167. The molecule has 134 valence electrons. The molecule has 3 rings (SSSR count). The van der Waals surface area contributed by atoms with Crippen LogP contribution in [0, 0.1) is 0 Å². The lowest BCUT2D eigenvalue weighted by atomic mass is 10.2. The van der Waals surface area contributed by atoms with Gasteiger partial charge in [0.15, 0.2) is 6.61 Å². The second-order valence-electron chi connectivity index (χ2n) is 5.63. The Kier molecular flexibility index (Phi) is 5.39. The largest absolute Gasteiger partial charge is 0.452 e. The topological polar surface area (TPSA) is 85.5 Å². The Morgan fingerprint density at radius 2 is 2.04 bits per heavy atom. The monoisotopic (exact) mass is 389 g/mol. The third kappa shape index (κ3) is 4.12. The number of thiazole rings is 1. The zero-order chi connectivity index (χ0) is 18.7. The van der Waals surface area contributed by atoms with Crippen molar-refractivity contribution in [1.82, 2.24) is 9.88 Å². The van der Waals surface area contributed by atoms with Crippen molar-refractivity contribution in [3.63, 3.8) is 0 Å². The summed E-state index contributed by atoms with van der Waals surface area (Å²) in [5, 5.41) is 1.24. The fourth-order valence-electron chi connectivity index (χ4n) is 2.31. The summed E-state index contributed by atoms with van der Waals surface area (Å²) in [5.74, 6) is -0.994. The molecule has 1 aromatic heterocycles. The summed E-state index contributed by atoms with van der Waals surface area (Å²) in [5.41, 5.74) is 7.02. The number of carbonyl (C=O) groups is 2. The number of esters is 1. The number of nitrogens with two attached hydrogens (primary N) is 1. The molecule has 1 heterocycles. The number of anilines is 1. The van der Waals surface area contributed by atoms with Crippen LogP contribution in [0.2, 0.25) is 5.02 Å². The van der Waals surface area contributed by atoms with Gasteiger partial charge < -0.3 is 15.4 Å². The van der Waals surface area contributed by atoms with Gasteiger partial charge in [0.05, 0.1) is 22.3 Å². The number of rotatable bonds is 5. The van der Waals surface area contributed by atoms with Crippen molar-refractivity contribution in [1.29, 1.82) is 0 Å². The van der Waals surface area contributed by atoms with E-state index in [9.17, 15) is 9.59 Å². The molecular weight excluding hydrogens is 374 g/mol. The van der Waals surface area contributed by atoms with E-state index < -0.39 is 5.97 Å². The minimum atomic E-state index is -0.666. The van der Waals surface area contributed by atoms with Gasteiger partial charge in [-0.15, -0.1) is 11.3 Å². The third-order valence-corrected chi connectivity index (χ3v) is 4.95. The van der Waals surface area contributed by atoms with E-state index in [-0.39, 0.29) is 23.8 Å². The van der Waals surface area contributed by atoms with Gasteiger partial charge in [-0.3, -0.25) is 4.79 Å². The third-order valence-electron chi connectivity index (χ3n) is 3.70. The quantitative estimate of drug-likeness (QED) is 0.534. The molecule has 0 aliphatic heterocycles. The van der Waals surface area contributed by atoms with Crippen LogP contribution in [0.1, 0.15) is 15.4 Å². The molecule has 8 heteroatoms. The highest BCUT2D eigenvalue weighted by atomic mass is 35.5. The first-order chi connectivity index (χ1) is 12.4. The van der Waals surface area contributed by atoms with E-state index in [1.54, 1.807) is 7.05 Å². The Bertz CT molecular complexity index is 940. The van der Waals surface area contributed by atoms with Crippen molar-refractivity contribution in [2.24, 2.45) is 0 Å². The molecule has 0 aliphatic carbocycles. The van der Waals surface area contributed by atoms with E-state index in [1.807, 2.05) is 24.3 Å². The Labute approximate surface area is 159 Å². The van der Waals surface area contributed by atoms with E-state index in [1.165, 1.54) is 34.4 Å². The van der Waals surface area contributed by atoms with Crippen molar-refractivity contribution in [2.45, 2.75) is 6.54 Å². The van der Waals surface area contributed by atoms with Gasteiger partial charge in [-0.2, -0.15) is 0 Å². The number of hydrogen-bond acceptors (Lipinski definition) is 6. The average Bonchev–Trinajstić information content (AvgIpc) is 3.01. The van der Waals surface area contributed by atoms with Crippen LogP contribution in [0.25, 0.3) is 10.2 Å². The summed E-state index contributed by atoms with van der Waals surface area (Å²) in [6.07, 6.45) is 0. The standard InChI is InChI=1S/C18H16ClN3O3S/c1-22(9-16-21-14-4-2-3-5-15(14)26-16)17(23)10-25-18(24)12-7-6-11(19)8-13(12)20/h2-8H,9-10,20H2,1H3. The summed E-state index contributed by atoms with van der Waals surface area (Å²) in [4.78, 5) is 30.2. The lowest BCUT2D eigenvalue weighted by Crippen LogP contribution is -2.30. The average molecular weight is 390 g/mol. The van der Waals surface area contributed by atoms with Crippen molar-refractivity contribution >= 4 is 50.7 Å². The molecule has 0 fully saturated rings. The maximum absolute atomic E-state index is 12.2. The first-order valence-electron chi connectivity index (χ1n) is 7.74. The molecule has 26 heavy (non-hydrogen) atoms. The summed E-state index contributed by atoms with van der Waals surface area (Å²) < 4.78 is 6.12. The van der Waals surface area contributed by atoms with E-state index in [2.05, 4.69) is 4.98 Å². The Hall–Kier alpha value is -2.64. The number of aromatic nitrogens is 1. The molecule has 0 atom stereocenters. The molecule has 0 aliphatic rings. The van der Waals surface area contributed by atoms with Gasteiger partial charge in [-0.25, -0.2) is 9.78 Å². The minimum absolute atomic E-state index is 0.177. The SMILES string of the molecule is CN(Cc1nc2ccccc2s1)C(=O)COC(=O)c1ccc(Cl)cc1N. The number of para-hydroxylation sites is 1. The van der Waals surface area contributed by atoms with Gasteiger partial charge >= 0.3 is 5.97 Å². The van der Waals surface area contributed by atoms with Crippen LogP contribution in [0.4, 0.5) is 5.69 Å². The summed E-state index contributed by atoms with van der Waals surface area (Å²) in [6, 6.07) is 12.2. The number of hydrogen-bond donors (Lipinski definition) is 1. The molecule has 2 aromatic carbocycles. The molecule has 6 nitrogen and oxygen atoms in total.